The van der Waals surface area contributed by atoms with Crippen LogP contribution in [0.5, 0.6) is 5.88 Å². The van der Waals surface area contributed by atoms with Crippen LogP contribution >= 0.6 is 0 Å². The number of nitriles is 1. The van der Waals surface area contributed by atoms with Crippen LogP contribution in [-0.4, -0.2) is 16.1 Å². The molecule has 1 aromatic heterocycles. The van der Waals surface area contributed by atoms with Gasteiger partial charge in [-0.15, -0.1) is 0 Å². The van der Waals surface area contributed by atoms with Gasteiger partial charge in [-0.25, -0.2) is 4.98 Å². The number of hydrogen-bond acceptors (Lipinski definition) is 4. The Labute approximate surface area is 83.6 Å². The predicted octanol–water partition coefficient (Wildman–Crippen LogP) is 1.83. The van der Waals surface area contributed by atoms with Crippen molar-refractivity contribution in [2.45, 2.75) is 33.3 Å². The van der Waals surface area contributed by atoms with Crippen molar-refractivity contribution in [1.29, 1.82) is 5.26 Å². The van der Waals surface area contributed by atoms with Gasteiger partial charge >= 0.3 is 0 Å². The molecule has 4 heteroatoms. The van der Waals surface area contributed by atoms with Crippen molar-refractivity contribution in [1.82, 2.24) is 9.97 Å². The first-order valence-corrected chi connectivity index (χ1v) is 4.58. The van der Waals surface area contributed by atoms with Crippen molar-refractivity contribution in [2.75, 3.05) is 0 Å². The number of hydrogen-bond donors (Lipinski definition) is 0. The molecule has 0 aliphatic carbocycles. The summed E-state index contributed by atoms with van der Waals surface area (Å²) in [5.41, 5.74) is 0.343. The van der Waals surface area contributed by atoms with Crippen LogP contribution in [0.1, 0.15) is 31.8 Å². The lowest BCUT2D eigenvalue weighted by molar-refractivity contribution is 0.208. The number of rotatable bonds is 3. The zero-order chi connectivity index (χ0) is 10.6. The molecule has 0 fully saturated rings. The van der Waals surface area contributed by atoms with Crippen molar-refractivity contribution in [2.24, 2.45) is 0 Å². The fraction of sp³-hybridized carbons (Fsp3) is 0.500. The molecule has 14 heavy (non-hydrogen) atoms. The van der Waals surface area contributed by atoms with Crippen LogP contribution in [0.2, 0.25) is 0 Å². The third-order valence-corrected chi connectivity index (χ3v) is 1.83. The monoisotopic (exact) mass is 191 g/mol. The van der Waals surface area contributed by atoms with Gasteiger partial charge in [0.2, 0.25) is 5.88 Å². The molecular formula is C10H13N3O. The van der Waals surface area contributed by atoms with E-state index in [1.807, 2.05) is 19.9 Å². The van der Waals surface area contributed by atoms with E-state index in [0.29, 0.717) is 17.4 Å². The van der Waals surface area contributed by atoms with E-state index >= 15 is 0 Å². The molecule has 74 valence electrons. The second-order valence-electron chi connectivity index (χ2n) is 3.09. The Morgan fingerprint density at radius 1 is 1.57 bits per heavy atom. The Bertz CT molecular complexity index is 357. The topological polar surface area (TPSA) is 58.8 Å². The minimum atomic E-state index is 0.107. The molecule has 0 amide bonds. The van der Waals surface area contributed by atoms with E-state index < -0.39 is 0 Å². The largest absolute Gasteiger partial charge is 0.475 e. The maximum atomic E-state index is 8.68. The average molecular weight is 191 g/mol. The normalized spacial score (nSPS) is 11.9. The highest BCUT2D eigenvalue weighted by Gasteiger charge is 2.05. The molecule has 0 radical (unpaired) electrons. The van der Waals surface area contributed by atoms with Gasteiger partial charge in [-0.2, -0.15) is 10.2 Å². The molecule has 1 atom stereocenters. The summed E-state index contributed by atoms with van der Waals surface area (Å²) in [5, 5.41) is 8.68. The van der Waals surface area contributed by atoms with Crippen LogP contribution in [0.4, 0.5) is 0 Å². The second-order valence-corrected chi connectivity index (χ2v) is 3.09. The summed E-state index contributed by atoms with van der Waals surface area (Å²) < 4.78 is 5.48. The lowest BCUT2D eigenvalue weighted by Crippen LogP contribution is -2.11. The summed E-state index contributed by atoms with van der Waals surface area (Å²) in [6.45, 7) is 5.73. The molecule has 0 bridgehead atoms. The Morgan fingerprint density at radius 3 is 2.86 bits per heavy atom. The van der Waals surface area contributed by atoms with E-state index in [1.54, 1.807) is 13.0 Å². The van der Waals surface area contributed by atoms with Crippen molar-refractivity contribution < 1.29 is 4.74 Å². The van der Waals surface area contributed by atoms with Gasteiger partial charge in [-0.05, 0) is 20.3 Å². The van der Waals surface area contributed by atoms with Gasteiger partial charge in [-0.3, -0.25) is 0 Å². The lowest BCUT2D eigenvalue weighted by Gasteiger charge is -2.11. The summed E-state index contributed by atoms with van der Waals surface area (Å²) in [6.07, 6.45) is 1.01. The van der Waals surface area contributed by atoms with Crippen LogP contribution in [0.3, 0.4) is 0 Å². The summed E-state index contributed by atoms with van der Waals surface area (Å²) in [4.78, 5) is 8.02. The molecule has 0 saturated carbocycles. The maximum Gasteiger partial charge on any atom is 0.218 e. The fourth-order valence-corrected chi connectivity index (χ4v) is 0.947. The van der Waals surface area contributed by atoms with E-state index in [1.165, 1.54) is 0 Å². The van der Waals surface area contributed by atoms with Gasteiger partial charge in [0, 0.05) is 6.07 Å². The van der Waals surface area contributed by atoms with E-state index in [4.69, 9.17) is 10.00 Å². The van der Waals surface area contributed by atoms with Crippen molar-refractivity contribution in [3.63, 3.8) is 0 Å². The third-order valence-electron chi connectivity index (χ3n) is 1.83. The highest BCUT2D eigenvalue weighted by atomic mass is 16.5. The Balaban J connectivity index is 2.88. The van der Waals surface area contributed by atoms with E-state index in [9.17, 15) is 0 Å². The Morgan fingerprint density at radius 2 is 2.29 bits per heavy atom. The van der Waals surface area contributed by atoms with Gasteiger partial charge in [0.25, 0.3) is 0 Å². The number of ether oxygens (including phenoxy) is 1. The molecule has 1 rings (SSSR count). The first-order valence-electron chi connectivity index (χ1n) is 4.58. The van der Waals surface area contributed by atoms with E-state index in [0.717, 1.165) is 6.42 Å². The molecule has 1 aromatic rings. The molecular weight excluding hydrogens is 178 g/mol. The SMILES string of the molecule is CCC(C)Oc1cc(C#N)nc(C)n1. The van der Waals surface area contributed by atoms with Crippen molar-refractivity contribution in [3.05, 3.63) is 17.6 Å². The zero-order valence-corrected chi connectivity index (χ0v) is 8.61. The summed E-state index contributed by atoms with van der Waals surface area (Å²) in [5.74, 6) is 1.03. The quantitative estimate of drug-likeness (QED) is 0.731. The van der Waals surface area contributed by atoms with Crippen LogP contribution in [0.15, 0.2) is 6.07 Å². The first-order chi connectivity index (χ1) is 6.65. The highest BCUT2D eigenvalue weighted by Crippen LogP contribution is 2.11. The van der Waals surface area contributed by atoms with E-state index in [-0.39, 0.29) is 6.10 Å². The molecule has 0 saturated heterocycles. The number of aryl methyl sites for hydroxylation is 1. The van der Waals surface area contributed by atoms with Gasteiger partial charge < -0.3 is 4.74 Å². The zero-order valence-electron chi connectivity index (χ0n) is 8.61. The molecule has 0 N–H and O–H groups in total. The Kier molecular flexibility index (Phi) is 3.41. The third kappa shape index (κ3) is 2.70. The van der Waals surface area contributed by atoms with Crippen LogP contribution in [-0.2, 0) is 0 Å². The Hall–Kier alpha value is -1.63. The minimum absolute atomic E-state index is 0.107. The molecule has 1 unspecified atom stereocenters. The highest BCUT2D eigenvalue weighted by molar-refractivity contribution is 5.25. The molecule has 0 aliphatic rings. The van der Waals surface area contributed by atoms with Gasteiger partial charge in [0.15, 0.2) is 0 Å². The molecule has 0 spiro atoms. The van der Waals surface area contributed by atoms with Crippen molar-refractivity contribution in [3.8, 4) is 11.9 Å². The number of aromatic nitrogens is 2. The minimum Gasteiger partial charge on any atom is -0.475 e. The maximum absolute atomic E-state index is 8.68. The summed E-state index contributed by atoms with van der Waals surface area (Å²) in [7, 11) is 0. The standard InChI is InChI=1S/C10H13N3O/c1-4-7(2)14-10-5-9(6-11)12-8(3)13-10/h5,7H,4H2,1-3H3. The predicted molar refractivity (Wildman–Crippen MR) is 51.9 cm³/mol. The molecule has 4 nitrogen and oxygen atoms in total. The van der Waals surface area contributed by atoms with Gasteiger partial charge in [0.1, 0.15) is 17.6 Å². The second kappa shape index (κ2) is 4.56. The molecule has 1 heterocycles. The smallest absolute Gasteiger partial charge is 0.218 e. The fourth-order valence-electron chi connectivity index (χ4n) is 0.947. The molecule has 0 aromatic carbocycles. The van der Waals surface area contributed by atoms with Crippen molar-refractivity contribution >= 4 is 0 Å². The summed E-state index contributed by atoms with van der Waals surface area (Å²) >= 11 is 0. The van der Waals surface area contributed by atoms with Gasteiger partial charge in [0.05, 0.1) is 6.10 Å². The average Bonchev–Trinajstić information content (AvgIpc) is 2.16. The number of nitrogens with zero attached hydrogens (tertiary/aromatic N) is 3. The van der Waals surface area contributed by atoms with E-state index in [2.05, 4.69) is 9.97 Å². The summed E-state index contributed by atoms with van der Waals surface area (Å²) in [6, 6.07) is 3.52. The lowest BCUT2D eigenvalue weighted by atomic mass is 10.3. The van der Waals surface area contributed by atoms with Crippen LogP contribution in [0, 0.1) is 18.3 Å². The van der Waals surface area contributed by atoms with Gasteiger partial charge in [-0.1, -0.05) is 6.92 Å². The molecule has 0 aliphatic heterocycles. The van der Waals surface area contributed by atoms with Crippen LogP contribution < -0.4 is 4.74 Å². The van der Waals surface area contributed by atoms with Crippen LogP contribution in [0.25, 0.3) is 0 Å². The first kappa shape index (κ1) is 10.5.